The predicted octanol–water partition coefficient (Wildman–Crippen LogP) is 13.6. The fraction of sp³-hybridized carbons (Fsp3) is 0.303. The van der Waals surface area contributed by atoms with Crippen LogP contribution < -0.4 is 66.8 Å². The lowest BCUT2D eigenvalue weighted by Crippen LogP contribution is -2.36. The van der Waals surface area contributed by atoms with E-state index in [1.54, 1.807) is 89.7 Å². The molecule has 0 saturated carbocycles. The molecule has 1 saturated heterocycles. The Morgan fingerprint density at radius 2 is 0.776 bits per heavy atom. The Balaban J connectivity index is 0.000000152. The minimum absolute atomic E-state index is 0.00172. The van der Waals surface area contributed by atoms with Crippen molar-refractivity contribution in [2.24, 2.45) is 0 Å². The van der Waals surface area contributed by atoms with Crippen molar-refractivity contribution in [2.75, 3.05) is 117 Å². The number of fused-ring (bicyclic) bond motifs is 4. The van der Waals surface area contributed by atoms with Crippen LogP contribution in [0.1, 0.15) is 168 Å². The molecular weight excluding hydrogens is 1930 g/mol. The molecule has 0 aromatic carbocycles. The summed E-state index contributed by atoms with van der Waals surface area (Å²) in [7, 11) is 6.36. The molecule has 5 aliphatic heterocycles. The Morgan fingerprint density at radius 3 is 1.07 bits per heavy atom. The SMILES string of the molecule is COc1c(C)cnc(CN2C(=O)/C(=C\c3cc(C#CCCN4CCOCC4)c[nH]3)c3c(Cl)nc(N)nc32)c1C.COc1c(C)cnc(CN2C(=O)/C(=C\c3cc(C#CCCNC(C)C)c[nH]3)c3c(Cl)nc(N)nc32)c1C.COc1c(C)cnc(CN2C(=O)/C(=C\c3cc(C#CCCO)c[nH]3)c3c(Cl)nc(N)nc32)c1C.COc1c(C)cnc(CN2C(=O)/C(=C\c3cc(C(F)(F)F)[nH]n3)c3c(Cl)nc(N)nc32)c1C. The molecule has 37 nitrogen and oxygen atoms in total. The number of aromatic nitrogens is 17. The second kappa shape index (κ2) is 45.1. The first-order chi connectivity index (χ1) is 68.4. The Kier molecular flexibility index (Phi) is 32.6. The van der Waals surface area contributed by atoms with E-state index in [2.05, 4.69) is 139 Å². The van der Waals surface area contributed by atoms with Gasteiger partial charge in [-0.2, -0.15) is 38.2 Å². The molecule has 5 aliphatic rings. The fourth-order valence-electron chi connectivity index (χ4n) is 16.4. The Labute approximate surface area is 840 Å². The van der Waals surface area contributed by atoms with Crippen molar-refractivity contribution in [3.63, 3.8) is 0 Å². The zero-order valence-corrected chi connectivity index (χ0v) is 83.3. The monoisotopic (exact) mass is 2020 g/mol. The van der Waals surface area contributed by atoms with Crippen LogP contribution in [0.5, 0.6) is 23.0 Å². The first-order valence-electron chi connectivity index (χ1n) is 44.6. The van der Waals surface area contributed by atoms with Gasteiger partial charge in [0, 0.05) is 173 Å². The molecule has 0 unspecified atom stereocenters. The van der Waals surface area contributed by atoms with Gasteiger partial charge in [0.25, 0.3) is 23.6 Å². The highest BCUT2D eigenvalue weighted by molar-refractivity contribution is 6.44. The number of rotatable bonds is 22. The molecule has 0 atom stereocenters. The molecule has 740 valence electrons. The number of halogens is 7. The maximum atomic E-state index is 13.7. The summed E-state index contributed by atoms with van der Waals surface area (Å²) in [5.74, 6) is 20.8. The average molecular weight is 2030 g/mol. The van der Waals surface area contributed by atoms with Crippen molar-refractivity contribution < 1.29 is 61.1 Å². The van der Waals surface area contributed by atoms with Gasteiger partial charge in [0.1, 0.15) is 49.3 Å². The number of hydrogen-bond acceptors (Lipinski definition) is 29. The fourth-order valence-corrected chi connectivity index (χ4v) is 17.5. The molecule has 0 radical (unpaired) electrons. The summed E-state index contributed by atoms with van der Waals surface area (Å²) >= 11 is 25.6. The second-order valence-corrected chi connectivity index (χ2v) is 34.9. The highest BCUT2D eigenvalue weighted by atomic mass is 35.5. The molecule has 17 rings (SSSR count). The van der Waals surface area contributed by atoms with Crippen molar-refractivity contribution in [3.8, 4) is 58.5 Å². The molecule has 17 heterocycles. The third kappa shape index (κ3) is 23.3. The minimum Gasteiger partial charge on any atom is -0.496 e. The van der Waals surface area contributed by atoms with E-state index >= 15 is 0 Å². The van der Waals surface area contributed by atoms with E-state index in [9.17, 15) is 32.3 Å². The zero-order chi connectivity index (χ0) is 103. The van der Waals surface area contributed by atoms with Crippen LogP contribution in [0.2, 0.25) is 20.6 Å². The summed E-state index contributed by atoms with van der Waals surface area (Å²) in [6, 6.07) is 6.79. The summed E-state index contributed by atoms with van der Waals surface area (Å²) in [4.78, 5) is 123. The molecule has 44 heteroatoms. The third-order valence-electron chi connectivity index (χ3n) is 23.3. The second-order valence-electron chi connectivity index (χ2n) is 33.4. The highest BCUT2D eigenvalue weighted by Crippen LogP contribution is 2.48. The van der Waals surface area contributed by atoms with E-state index in [0.717, 1.165) is 131 Å². The Morgan fingerprint density at radius 1 is 0.469 bits per heavy atom. The Bertz CT molecular complexity index is 7310. The quantitative estimate of drug-likeness (QED) is 0.0130. The number of aliphatic hydroxyl groups excluding tert-OH is 1. The number of H-pyrrole nitrogens is 4. The number of carbonyl (C=O) groups excluding carboxylic acids is 4. The van der Waals surface area contributed by atoms with Gasteiger partial charge in [0.15, 0.2) is 23.3 Å². The summed E-state index contributed by atoms with van der Waals surface area (Å²) < 4.78 is 66.2. The molecule has 12 aromatic rings. The van der Waals surface area contributed by atoms with Crippen molar-refractivity contribution in [1.82, 2.24) is 95.2 Å². The lowest BCUT2D eigenvalue weighted by molar-refractivity contribution is -0.141. The average Bonchev–Trinajstić information content (AvgIpc) is 1.61. The number of alkyl halides is 3. The van der Waals surface area contributed by atoms with Gasteiger partial charge in [0.2, 0.25) is 23.8 Å². The van der Waals surface area contributed by atoms with Crippen molar-refractivity contribution >= 4 is 164 Å². The number of pyridine rings is 4. The first kappa shape index (κ1) is 104. The van der Waals surface area contributed by atoms with Gasteiger partial charge in [-0.15, -0.1) is 0 Å². The number of nitrogens with two attached hydrogens (primary N) is 4. The number of nitrogen functional groups attached to an aromatic ring is 4. The first-order valence-corrected chi connectivity index (χ1v) is 46.1. The van der Waals surface area contributed by atoms with Crippen molar-refractivity contribution in [1.29, 1.82) is 0 Å². The maximum absolute atomic E-state index is 13.7. The van der Waals surface area contributed by atoms with E-state index in [1.165, 1.54) is 32.8 Å². The molecule has 1 fully saturated rings. The van der Waals surface area contributed by atoms with Crippen LogP contribution in [0.4, 0.5) is 60.2 Å². The topological polar surface area (TPSA) is 498 Å². The number of carbonyl (C=O) groups is 4. The van der Waals surface area contributed by atoms with E-state index in [1.807, 2.05) is 71.9 Å². The van der Waals surface area contributed by atoms with Gasteiger partial charge in [-0.3, -0.25) is 68.7 Å². The zero-order valence-electron chi connectivity index (χ0n) is 80.3. The molecule has 143 heavy (non-hydrogen) atoms. The maximum Gasteiger partial charge on any atom is 0.432 e. The van der Waals surface area contributed by atoms with Gasteiger partial charge >= 0.3 is 6.18 Å². The lowest BCUT2D eigenvalue weighted by atomic mass is 10.1. The molecule has 12 aromatic heterocycles. The van der Waals surface area contributed by atoms with Crippen molar-refractivity contribution in [2.45, 2.75) is 127 Å². The van der Waals surface area contributed by atoms with Gasteiger partial charge in [-0.05, 0) is 104 Å². The third-order valence-corrected chi connectivity index (χ3v) is 24.4. The number of morpholine rings is 1. The number of anilines is 8. The van der Waals surface area contributed by atoms with Crippen LogP contribution >= 0.6 is 46.4 Å². The summed E-state index contributed by atoms with van der Waals surface area (Å²) in [6.45, 7) is 25.0. The molecule has 4 amide bonds. The van der Waals surface area contributed by atoms with Gasteiger partial charge in [-0.25, -0.2) is 19.9 Å². The molecule has 14 N–H and O–H groups in total. The van der Waals surface area contributed by atoms with Gasteiger partial charge in [-0.1, -0.05) is 95.8 Å². The van der Waals surface area contributed by atoms with Crippen molar-refractivity contribution in [3.05, 3.63) is 223 Å². The number of hydrogen-bond donors (Lipinski definition) is 10. The number of aliphatic hydroxyl groups is 1. The van der Waals surface area contributed by atoms with Gasteiger partial charge in [0.05, 0.1) is 147 Å². The van der Waals surface area contributed by atoms with Crippen LogP contribution in [0.3, 0.4) is 0 Å². The minimum atomic E-state index is -4.61. The van der Waals surface area contributed by atoms with E-state index in [-0.39, 0.29) is 118 Å². The van der Waals surface area contributed by atoms with Crippen LogP contribution in [0.25, 0.3) is 46.6 Å². The molecule has 0 aliphatic carbocycles. The summed E-state index contributed by atoms with van der Waals surface area (Å²) in [5.41, 5.74) is 38.5. The Hall–Kier alpha value is -15.3. The van der Waals surface area contributed by atoms with Gasteiger partial charge < -0.3 is 72.0 Å². The summed E-state index contributed by atoms with van der Waals surface area (Å²) in [6.07, 6.45) is 15.7. The number of nitrogens with one attached hydrogen (secondary N) is 5. The molecular formula is C99H100Cl4F3N27O10. The van der Waals surface area contributed by atoms with Crippen LogP contribution in [0.15, 0.2) is 67.6 Å². The lowest BCUT2D eigenvalue weighted by Gasteiger charge is -2.25. The number of aryl methyl sites for hydroxylation is 4. The van der Waals surface area contributed by atoms with E-state index in [0.29, 0.717) is 115 Å². The molecule has 0 spiro atoms. The van der Waals surface area contributed by atoms with E-state index < -0.39 is 17.8 Å². The number of amides is 4. The normalized spacial score (nSPS) is 14.7. The standard InChI is InChI=1S/C28H30ClN7O3.C27H30ClN7O2.C24H23ClN6O3.C20H17ClF3N7O2/c1-17-14-32-22(18(2)24(17)38-3)16-36-26-23(25(29)33-28(30)34-26)21(27(36)37)13-20-12-19(15-31-20)6-4-5-7-35-8-10-39-11-9-35;1-15(2)30-9-7-6-8-18-10-19(31-13-18)11-20-22-24(28)33-27(29)34-25(22)35(26(20)36)14-21-17(4)23(37-5)16(3)12-32-21;1-13-10-28-18(14(2)20(13)34-3)12-31-22-19(21(25)29-24(26)30-22)17(23(31)33)9-16-8-15(11-27-16)6-4-5-7-32;1-8-6-26-12(9(2)15(8)33-3)7-31-17-14(16(21)27-19(25)28-17)11(18(31)32)4-10-5-13(30-29-10)20(22,23)24/h12-15,31H,5,7-11,16H2,1-3H3,(H2,30,33,34);10-13,15,30-31H,7,9,14H2,1-5H3,(H2,29,33,34);8-11,27,32H,5,7,12H2,1-3H3,(H2,26,29,30);4-6H,7H2,1-3H3,(H,29,30)(H2,25,27,28)/b21-13-;20-11-;17-9-;11-4-. The van der Waals surface area contributed by atoms with Crippen LogP contribution in [-0.4, -0.2) is 199 Å². The number of aromatic amines is 4. The summed E-state index contributed by atoms with van der Waals surface area (Å²) in [5, 5.41) is 18.0. The number of methoxy groups -OCH3 is 4. The smallest absolute Gasteiger partial charge is 0.432 e. The molecule has 0 bridgehead atoms. The number of nitrogens with zero attached hydrogens (tertiary/aromatic N) is 18. The highest BCUT2D eigenvalue weighted by Gasteiger charge is 2.43. The van der Waals surface area contributed by atoms with Crippen LogP contribution in [0, 0.1) is 90.9 Å². The van der Waals surface area contributed by atoms with Crippen LogP contribution in [-0.2, 0) is 56.3 Å². The predicted molar refractivity (Wildman–Crippen MR) is 541 cm³/mol. The van der Waals surface area contributed by atoms with E-state index in [4.69, 9.17) is 98.1 Å². The number of ether oxygens (including phenoxy) is 5. The largest absolute Gasteiger partial charge is 0.496 e.